The van der Waals surface area contributed by atoms with Crippen LogP contribution in [-0.4, -0.2) is 42.2 Å². The van der Waals surface area contributed by atoms with Crippen molar-refractivity contribution in [1.82, 2.24) is 9.97 Å². The number of hydrogen-bond acceptors (Lipinski definition) is 6. The fourth-order valence-corrected chi connectivity index (χ4v) is 4.77. The van der Waals surface area contributed by atoms with Crippen molar-refractivity contribution in [2.45, 2.75) is 30.7 Å². The van der Waals surface area contributed by atoms with E-state index in [1.165, 1.54) is 30.3 Å². The van der Waals surface area contributed by atoms with Crippen molar-refractivity contribution in [3.63, 3.8) is 0 Å². The van der Waals surface area contributed by atoms with Crippen molar-refractivity contribution in [3.05, 3.63) is 64.7 Å². The number of alkyl halides is 3. The molecule has 34 heavy (non-hydrogen) atoms. The molecule has 0 bridgehead atoms. The van der Waals surface area contributed by atoms with Crippen molar-refractivity contribution in [1.29, 1.82) is 0 Å². The summed E-state index contributed by atoms with van der Waals surface area (Å²) in [5.41, 5.74) is -1.11. The summed E-state index contributed by atoms with van der Waals surface area (Å²) in [6.07, 6.45) is -4.56. The molecule has 1 aromatic carbocycles. The number of β-amino-alcohol motifs (C(OH)–C–C–N with tert-alkyl or cyclic N) is 1. The van der Waals surface area contributed by atoms with Crippen molar-refractivity contribution < 1.29 is 26.7 Å². The Bertz CT molecular complexity index is 1360. The van der Waals surface area contributed by atoms with Gasteiger partial charge in [0.1, 0.15) is 11.6 Å². The zero-order chi connectivity index (χ0) is 24.9. The first-order valence-corrected chi connectivity index (χ1v) is 11.9. The van der Waals surface area contributed by atoms with E-state index < -0.39 is 27.4 Å². The number of aryl methyl sites for hydroxylation is 1. The molecule has 2 aromatic heterocycles. The van der Waals surface area contributed by atoms with Gasteiger partial charge in [0.2, 0.25) is 0 Å². The van der Waals surface area contributed by atoms with Crippen LogP contribution in [0, 0.1) is 6.92 Å². The molecule has 0 aliphatic carbocycles. The average Bonchev–Trinajstić information content (AvgIpc) is 2.73. The summed E-state index contributed by atoms with van der Waals surface area (Å²) >= 11 is 6.20. The van der Waals surface area contributed by atoms with Gasteiger partial charge < -0.3 is 10.0 Å². The predicted octanol–water partition coefficient (Wildman–Crippen LogP) is 4.50. The van der Waals surface area contributed by atoms with Crippen molar-refractivity contribution in [2.24, 2.45) is 0 Å². The number of sulfonamides is 1. The SMILES string of the molecule is Cc1ccc(C(F)(F)F)cc1-c1nc(NS(=O)(=O)c2cccc(N3CC(C)(O)C3)n2)ccc1Cl. The highest BCUT2D eigenvalue weighted by Gasteiger charge is 2.37. The third kappa shape index (κ3) is 4.96. The van der Waals surface area contributed by atoms with E-state index in [1.54, 1.807) is 24.8 Å². The van der Waals surface area contributed by atoms with Crippen LogP contribution in [-0.2, 0) is 16.2 Å². The van der Waals surface area contributed by atoms with Crippen molar-refractivity contribution in [2.75, 3.05) is 22.7 Å². The van der Waals surface area contributed by atoms with Crippen LogP contribution in [0.5, 0.6) is 0 Å². The number of pyridine rings is 2. The molecule has 12 heteroatoms. The lowest BCUT2D eigenvalue weighted by molar-refractivity contribution is -0.137. The molecule has 1 fully saturated rings. The Morgan fingerprint density at radius 2 is 1.82 bits per heavy atom. The zero-order valence-electron chi connectivity index (χ0n) is 18.1. The summed E-state index contributed by atoms with van der Waals surface area (Å²) in [5, 5.41) is 9.70. The van der Waals surface area contributed by atoms with Crippen LogP contribution in [0.1, 0.15) is 18.1 Å². The number of nitrogens with one attached hydrogen (secondary N) is 1. The zero-order valence-corrected chi connectivity index (χ0v) is 19.6. The number of aliphatic hydroxyl groups is 1. The highest BCUT2D eigenvalue weighted by molar-refractivity contribution is 7.92. The Labute approximate surface area is 199 Å². The summed E-state index contributed by atoms with van der Waals surface area (Å²) in [6, 6.07) is 10.3. The number of aromatic nitrogens is 2. The average molecular weight is 513 g/mol. The Morgan fingerprint density at radius 1 is 1.12 bits per heavy atom. The van der Waals surface area contributed by atoms with E-state index >= 15 is 0 Å². The molecule has 4 rings (SSSR count). The number of rotatable bonds is 5. The predicted molar refractivity (Wildman–Crippen MR) is 122 cm³/mol. The molecule has 0 amide bonds. The molecule has 0 radical (unpaired) electrons. The molecule has 7 nitrogen and oxygen atoms in total. The molecule has 1 aliphatic heterocycles. The number of anilines is 2. The van der Waals surface area contributed by atoms with Crippen LogP contribution in [0.15, 0.2) is 53.6 Å². The van der Waals surface area contributed by atoms with Gasteiger partial charge in [-0.25, -0.2) is 9.97 Å². The lowest BCUT2D eigenvalue weighted by Crippen LogP contribution is -2.60. The maximum atomic E-state index is 13.2. The lowest BCUT2D eigenvalue weighted by Gasteiger charge is -2.44. The van der Waals surface area contributed by atoms with E-state index in [2.05, 4.69) is 14.7 Å². The molecule has 180 valence electrons. The van der Waals surface area contributed by atoms with Gasteiger partial charge in [0.25, 0.3) is 10.0 Å². The van der Waals surface area contributed by atoms with Gasteiger partial charge in [-0.15, -0.1) is 0 Å². The molecule has 0 unspecified atom stereocenters. The number of halogens is 4. The van der Waals surface area contributed by atoms with Gasteiger partial charge >= 0.3 is 6.18 Å². The topological polar surface area (TPSA) is 95.4 Å². The Morgan fingerprint density at radius 3 is 2.47 bits per heavy atom. The Balaban J connectivity index is 1.65. The van der Waals surface area contributed by atoms with Gasteiger partial charge in [0.05, 0.1) is 21.9 Å². The monoisotopic (exact) mass is 512 g/mol. The summed E-state index contributed by atoms with van der Waals surface area (Å²) in [7, 11) is -4.17. The van der Waals surface area contributed by atoms with Gasteiger partial charge in [0.15, 0.2) is 5.03 Å². The minimum atomic E-state index is -4.56. The van der Waals surface area contributed by atoms with E-state index in [4.69, 9.17) is 11.6 Å². The summed E-state index contributed by atoms with van der Waals surface area (Å²) in [5.74, 6) is 0.258. The molecule has 1 saturated heterocycles. The third-order valence-electron chi connectivity index (χ3n) is 5.28. The van der Waals surface area contributed by atoms with E-state index in [-0.39, 0.29) is 27.1 Å². The molecule has 2 N–H and O–H groups in total. The van der Waals surface area contributed by atoms with Crippen molar-refractivity contribution in [3.8, 4) is 11.3 Å². The highest BCUT2D eigenvalue weighted by atomic mass is 35.5. The van der Waals surface area contributed by atoms with Crippen LogP contribution in [0.2, 0.25) is 5.02 Å². The van der Waals surface area contributed by atoms with Gasteiger partial charge in [0, 0.05) is 18.7 Å². The first-order valence-electron chi connectivity index (χ1n) is 10.1. The first-order chi connectivity index (χ1) is 15.7. The fourth-order valence-electron chi connectivity index (χ4n) is 3.60. The van der Waals surface area contributed by atoms with E-state index in [0.29, 0.717) is 24.5 Å². The van der Waals surface area contributed by atoms with Crippen molar-refractivity contribution >= 4 is 33.3 Å². The molecule has 3 aromatic rings. The summed E-state index contributed by atoms with van der Waals surface area (Å²) in [4.78, 5) is 10.1. The Kier molecular flexibility index (Phi) is 5.99. The second-order valence-electron chi connectivity index (χ2n) is 8.35. The smallest absolute Gasteiger partial charge is 0.386 e. The van der Waals surface area contributed by atoms with E-state index in [0.717, 1.165) is 12.1 Å². The fraction of sp³-hybridized carbons (Fsp3) is 0.273. The van der Waals surface area contributed by atoms with Crippen LogP contribution < -0.4 is 9.62 Å². The molecule has 0 spiro atoms. The second-order valence-corrected chi connectivity index (χ2v) is 10.4. The number of nitrogens with zero attached hydrogens (tertiary/aromatic N) is 3. The Hall–Kier alpha value is -2.89. The molecule has 3 heterocycles. The third-order valence-corrected chi connectivity index (χ3v) is 6.84. The van der Waals surface area contributed by atoms with Crippen LogP contribution >= 0.6 is 11.6 Å². The molecular formula is C22H20ClF3N4O3S. The normalized spacial score (nSPS) is 15.7. The van der Waals surface area contributed by atoms with Crippen LogP contribution in [0.3, 0.4) is 0 Å². The van der Waals surface area contributed by atoms with Crippen LogP contribution in [0.4, 0.5) is 24.8 Å². The lowest BCUT2D eigenvalue weighted by atomic mass is 9.97. The highest BCUT2D eigenvalue weighted by Crippen LogP contribution is 2.36. The summed E-state index contributed by atoms with van der Waals surface area (Å²) in [6.45, 7) is 3.90. The molecular weight excluding hydrogens is 493 g/mol. The first kappa shape index (κ1) is 24.2. The maximum absolute atomic E-state index is 13.2. The van der Waals surface area contributed by atoms with E-state index in [9.17, 15) is 26.7 Å². The minimum absolute atomic E-state index is 0.00925. The maximum Gasteiger partial charge on any atom is 0.416 e. The minimum Gasteiger partial charge on any atom is -0.386 e. The quantitative estimate of drug-likeness (QED) is 0.523. The molecule has 1 aliphatic rings. The van der Waals surface area contributed by atoms with Gasteiger partial charge in [-0.05, 0) is 55.8 Å². The van der Waals surface area contributed by atoms with Crippen LogP contribution in [0.25, 0.3) is 11.3 Å². The second kappa shape index (κ2) is 8.40. The van der Waals surface area contributed by atoms with Gasteiger partial charge in [-0.2, -0.15) is 21.6 Å². The largest absolute Gasteiger partial charge is 0.416 e. The summed E-state index contributed by atoms with van der Waals surface area (Å²) < 4.78 is 67.8. The van der Waals surface area contributed by atoms with Gasteiger partial charge in [-0.1, -0.05) is 23.7 Å². The van der Waals surface area contributed by atoms with E-state index in [1.807, 2.05) is 0 Å². The number of hydrogen-bond donors (Lipinski definition) is 2. The standard InChI is InChI=1S/C22H20ClF3N4O3S/c1-13-6-7-14(22(24,25)26)10-15(13)20-16(23)8-9-17(27-20)29-34(32,33)19-5-3-4-18(28-19)30-11-21(2,31)12-30/h3-10,31H,11-12H2,1-2H3,(H,27,29). The van der Waals surface area contributed by atoms with Gasteiger partial charge in [-0.3, -0.25) is 4.72 Å². The molecule has 0 saturated carbocycles. The number of benzene rings is 1. The molecule has 0 atom stereocenters.